The number of nitrogens with zero attached hydrogens (tertiary/aromatic N) is 1. The number of carboxylic acid groups (broad SMARTS) is 1. The average molecular weight is 261 g/mol. The van der Waals surface area contributed by atoms with E-state index in [4.69, 9.17) is 5.11 Å². The van der Waals surface area contributed by atoms with E-state index < -0.39 is 33.9 Å². The summed E-state index contributed by atoms with van der Waals surface area (Å²) in [5.41, 5.74) is -3.00. The van der Waals surface area contributed by atoms with Crippen molar-refractivity contribution >= 4 is 17.7 Å². The van der Waals surface area contributed by atoms with Gasteiger partial charge in [0.1, 0.15) is 5.56 Å². The molecule has 0 heterocycles. The number of hydrogen-bond donors (Lipinski definition) is 1. The Morgan fingerprint density at radius 3 is 2.44 bits per heavy atom. The molecule has 5 nitrogen and oxygen atoms in total. The van der Waals surface area contributed by atoms with Crippen LogP contribution in [0.2, 0.25) is 0 Å². The van der Waals surface area contributed by atoms with Gasteiger partial charge in [0, 0.05) is 6.08 Å². The number of alkyl halides is 3. The van der Waals surface area contributed by atoms with E-state index >= 15 is 0 Å². The summed E-state index contributed by atoms with van der Waals surface area (Å²) < 4.78 is 37.6. The van der Waals surface area contributed by atoms with Crippen LogP contribution in [0.25, 0.3) is 6.08 Å². The topological polar surface area (TPSA) is 80.4 Å². The Balaban J connectivity index is 3.45. The maximum Gasteiger partial charge on any atom is 0.423 e. The van der Waals surface area contributed by atoms with Crippen LogP contribution in [-0.2, 0) is 11.0 Å². The smallest absolute Gasteiger partial charge is 0.423 e. The lowest BCUT2D eigenvalue weighted by Crippen LogP contribution is -2.09. The normalized spacial score (nSPS) is 11.7. The van der Waals surface area contributed by atoms with Crippen LogP contribution < -0.4 is 0 Å². The van der Waals surface area contributed by atoms with Crippen LogP contribution in [0, 0.1) is 10.1 Å². The maximum absolute atomic E-state index is 12.5. The third-order valence-electron chi connectivity index (χ3n) is 1.96. The molecule has 96 valence electrons. The Hall–Kier alpha value is -2.38. The van der Waals surface area contributed by atoms with Crippen LogP contribution in [-0.4, -0.2) is 16.0 Å². The Morgan fingerprint density at radius 2 is 2.00 bits per heavy atom. The van der Waals surface area contributed by atoms with E-state index in [0.717, 1.165) is 18.2 Å². The first kappa shape index (κ1) is 13.7. The number of halogens is 3. The lowest BCUT2D eigenvalue weighted by Gasteiger charge is -2.08. The zero-order valence-corrected chi connectivity index (χ0v) is 8.64. The predicted molar refractivity (Wildman–Crippen MR) is 54.8 cm³/mol. The number of nitro benzene ring substituents is 1. The molecule has 0 aliphatic carbocycles. The fourth-order valence-electron chi connectivity index (χ4n) is 1.29. The quantitative estimate of drug-likeness (QED) is 0.515. The van der Waals surface area contributed by atoms with E-state index in [-0.39, 0.29) is 0 Å². The monoisotopic (exact) mass is 261 g/mol. The summed E-state index contributed by atoms with van der Waals surface area (Å²) >= 11 is 0. The van der Waals surface area contributed by atoms with Gasteiger partial charge < -0.3 is 5.11 Å². The first-order chi connectivity index (χ1) is 8.23. The van der Waals surface area contributed by atoms with Crippen molar-refractivity contribution in [1.29, 1.82) is 0 Å². The molecule has 1 rings (SSSR count). The number of hydrogen-bond acceptors (Lipinski definition) is 3. The predicted octanol–water partition coefficient (Wildman–Crippen LogP) is 2.71. The van der Waals surface area contributed by atoms with Gasteiger partial charge in [-0.05, 0) is 18.2 Å². The van der Waals surface area contributed by atoms with Crippen LogP contribution >= 0.6 is 0 Å². The number of aliphatic carboxylic acids is 1. The summed E-state index contributed by atoms with van der Waals surface area (Å²) in [6.07, 6.45) is -3.60. The summed E-state index contributed by atoms with van der Waals surface area (Å²) in [6, 6.07) is 2.57. The molecule has 0 saturated carbocycles. The van der Waals surface area contributed by atoms with Gasteiger partial charge in [-0.3, -0.25) is 10.1 Å². The van der Waals surface area contributed by atoms with Crippen molar-refractivity contribution in [3.63, 3.8) is 0 Å². The third-order valence-corrected chi connectivity index (χ3v) is 1.96. The Morgan fingerprint density at radius 1 is 1.39 bits per heavy atom. The molecule has 0 spiro atoms. The number of para-hydroxylation sites is 1. The van der Waals surface area contributed by atoms with Gasteiger partial charge in [-0.25, -0.2) is 4.79 Å². The first-order valence-corrected chi connectivity index (χ1v) is 4.49. The van der Waals surface area contributed by atoms with Gasteiger partial charge in [0.15, 0.2) is 0 Å². The lowest BCUT2D eigenvalue weighted by atomic mass is 10.1. The molecule has 1 N–H and O–H groups in total. The van der Waals surface area contributed by atoms with E-state index in [0.29, 0.717) is 12.1 Å². The highest BCUT2D eigenvalue weighted by atomic mass is 19.4. The van der Waals surface area contributed by atoms with Crippen molar-refractivity contribution in [3.05, 3.63) is 45.5 Å². The molecule has 0 aliphatic rings. The van der Waals surface area contributed by atoms with Gasteiger partial charge in [-0.15, -0.1) is 0 Å². The van der Waals surface area contributed by atoms with E-state index in [1.165, 1.54) is 0 Å². The fourth-order valence-corrected chi connectivity index (χ4v) is 1.29. The van der Waals surface area contributed by atoms with E-state index in [1.807, 2.05) is 0 Å². The largest absolute Gasteiger partial charge is 0.478 e. The molecule has 0 atom stereocenters. The Bertz CT molecular complexity index is 522. The van der Waals surface area contributed by atoms with Crippen molar-refractivity contribution in [1.82, 2.24) is 0 Å². The number of carbonyl (C=O) groups is 1. The molecule has 0 aromatic heterocycles. The van der Waals surface area contributed by atoms with Crippen molar-refractivity contribution < 1.29 is 28.0 Å². The van der Waals surface area contributed by atoms with Crippen molar-refractivity contribution in [2.24, 2.45) is 0 Å². The number of benzene rings is 1. The highest BCUT2D eigenvalue weighted by molar-refractivity contribution is 5.86. The maximum atomic E-state index is 12.5. The second-order valence-electron chi connectivity index (χ2n) is 3.17. The summed E-state index contributed by atoms with van der Waals surface area (Å²) in [7, 11) is 0. The first-order valence-electron chi connectivity index (χ1n) is 4.49. The fraction of sp³-hybridized carbons (Fsp3) is 0.100. The van der Waals surface area contributed by atoms with E-state index in [2.05, 4.69) is 0 Å². The van der Waals surface area contributed by atoms with Crippen LogP contribution in [0.1, 0.15) is 11.1 Å². The summed E-state index contributed by atoms with van der Waals surface area (Å²) in [5.74, 6) is -1.42. The Kier molecular flexibility index (Phi) is 3.70. The lowest BCUT2D eigenvalue weighted by molar-refractivity contribution is -0.388. The standard InChI is InChI=1S/C10H6F3NO4/c11-10(12,13)7-3-1-2-6(4-5-8(15)16)9(7)14(17)18/h1-5H,(H,15,16)/b5-4+. The molecule has 0 fully saturated rings. The van der Waals surface area contributed by atoms with Crippen LogP contribution in [0.15, 0.2) is 24.3 Å². The minimum Gasteiger partial charge on any atom is -0.478 e. The molecule has 0 bridgehead atoms. The van der Waals surface area contributed by atoms with Gasteiger partial charge in [-0.2, -0.15) is 13.2 Å². The van der Waals surface area contributed by atoms with Gasteiger partial charge in [-0.1, -0.05) is 6.07 Å². The second kappa shape index (κ2) is 4.86. The minimum atomic E-state index is -4.88. The summed E-state index contributed by atoms with van der Waals surface area (Å²) in [4.78, 5) is 19.7. The molecule has 0 unspecified atom stereocenters. The summed E-state index contributed by atoms with van der Waals surface area (Å²) in [6.45, 7) is 0. The molecular weight excluding hydrogens is 255 g/mol. The van der Waals surface area contributed by atoms with Gasteiger partial charge in [0.05, 0.1) is 10.5 Å². The number of rotatable bonds is 3. The number of carboxylic acids is 1. The van der Waals surface area contributed by atoms with Crippen molar-refractivity contribution in [3.8, 4) is 0 Å². The Labute approximate surface area is 98.3 Å². The second-order valence-corrected chi connectivity index (χ2v) is 3.17. The molecule has 0 saturated heterocycles. The molecule has 0 aliphatic heterocycles. The highest BCUT2D eigenvalue weighted by Gasteiger charge is 2.39. The van der Waals surface area contributed by atoms with Gasteiger partial charge in [0.25, 0.3) is 5.69 Å². The van der Waals surface area contributed by atoms with Crippen LogP contribution in [0.3, 0.4) is 0 Å². The molecule has 8 heteroatoms. The van der Waals surface area contributed by atoms with Crippen LogP contribution in [0.5, 0.6) is 0 Å². The van der Waals surface area contributed by atoms with Crippen LogP contribution in [0.4, 0.5) is 18.9 Å². The van der Waals surface area contributed by atoms with E-state index in [1.54, 1.807) is 0 Å². The van der Waals surface area contributed by atoms with Crippen molar-refractivity contribution in [2.45, 2.75) is 6.18 Å². The van der Waals surface area contributed by atoms with Gasteiger partial charge >= 0.3 is 12.1 Å². The SMILES string of the molecule is O=C(O)/C=C/c1cccc(C(F)(F)F)c1[N+](=O)[O-]. The molecule has 18 heavy (non-hydrogen) atoms. The zero-order valence-electron chi connectivity index (χ0n) is 8.64. The molecule has 1 aromatic rings. The molecule has 0 radical (unpaired) electrons. The molecule has 0 amide bonds. The molecular formula is C10H6F3NO4. The van der Waals surface area contributed by atoms with Gasteiger partial charge in [0.2, 0.25) is 0 Å². The van der Waals surface area contributed by atoms with E-state index in [9.17, 15) is 28.1 Å². The summed E-state index contributed by atoms with van der Waals surface area (Å²) in [5, 5.41) is 19.0. The van der Waals surface area contributed by atoms with Crippen molar-refractivity contribution in [2.75, 3.05) is 0 Å². The molecule has 1 aromatic carbocycles. The minimum absolute atomic E-state index is 0.419. The zero-order chi connectivity index (χ0) is 13.9. The number of nitro groups is 1. The highest BCUT2D eigenvalue weighted by Crippen LogP contribution is 2.38. The average Bonchev–Trinajstić information content (AvgIpc) is 2.24. The third kappa shape index (κ3) is 3.06.